The number of halogens is 2. The van der Waals surface area contributed by atoms with Crippen LogP contribution in [0.3, 0.4) is 0 Å². The molecule has 0 N–H and O–H groups in total. The summed E-state index contributed by atoms with van der Waals surface area (Å²) in [5.41, 5.74) is 4.04. The molecule has 210 valence electrons. The quantitative estimate of drug-likeness (QED) is 0.223. The van der Waals surface area contributed by atoms with Crippen molar-refractivity contribution in [3.8, 4) is 0 Å². The van der Waals surface area contributed by atoms with Gasteiger partial charge in [0.25, 0.3) is 5.91 Å². The first-order valence-corrected chi connectivity index (χ1v) is 14.5. The largest absolute Gasteiger partial charge is 0.352 e. The van der Waals surface area contributed by atoms with Crippen LogP contribution in [0.5, 0.6) is 0 Å². The summed E-state index contributed by atoms with van der Waals surface area (Å²) in [6.45, 7) is 9.93. The molecule has 1 aliphatic heterocycles. The number of amides is 1. The van der Waals surface area contributed by atoms with Gasteiger partial charge < -0.3 is 9.80 Å². The third kappa shape index (κ3) is 8.17. The van der Waals surface area contributed by atoms with E-state index in [1.807, 2.05) is 74.6 Å². The Balaban J connectivity index is 0.000000398. The molecule has 2 aromatic heterocycles. The molecule has 0 spiro atoms. The van der Waals surface area contributed by atoms with Crippen molar-refractivity contribution in [3.05, 3.63) is 99.8 Å². The molecular formula is C32H37Cl2N5O. The molecule has 0 radical (unpaired) electrons. The Hall–Kier alpha value is -3.19. The summed E-state index contributed by atoms with van der Waals surface area (Å²) in [6.07, 6.45) is 5.83. The monoisotopic (exact) mass is 577 g/mol. The molecule has 6 nitrogen and oxygen atoms in total. The summed E-state index contributed by atoms with van der Waals surface area (Å²) in [6, 6.07) is 19.3. The topological polar surface area (TPSA) is 52.6 Å². The van der Waals surface area contributed by atoms with Crippen molar-refractivity contribution in [1.29, 1.82) is 0 Å². The van der Waals surface area contributed by atoms with E-state index in [9.17, 15) is 4.79 Å². The molecule has 1 fully saturated rings. The van der Waals surface area contributed by atoms with Crippen LogP contribution < -0.4 is 4.90 Å². The van der Waals surface area contributed by atoms with Crippen LogP contribution >= 0.6 is 23.2 Å². The molecule has 4 aromatic rings. The van der Waals surface area contributed by atoms with Crippen LogP contribution in [0.15, 0.2) is 73.1 Å². The minimum absolute atomic E-state index is 0.113. The van der Waals surface area contributed by atoms with Crippen LogP contribution in [0.2, 0.25) is 10.0 Å². The molecule has 3 heterocycles. The van der Waals surface area contributed by atoms with Crippen LogP contribution in [0.4, 0.5) is 5.82 Å². The molecule has 8 heteroatoms. The van der Waals surface area contributed by atoms with Gasteiger partial charge in [0.2, 0.25) is 0 Å². The first kappa shape index (κ1) is 29.8. The molecule has 1 saturated heterocycles. The van der Waals surface area contributed by atoms with Gasteiger partial charge in [-0.1, -0.05) is 58.6 Å². The van der Waals surface area contributed by atoms with Crippen LogP contribution in [0.1, 0.15) is 34.3 Å². The van der Waals surface area contributed by atoms with Gasteiger partial charge >= 0.3 is 0 Å². The average molecular weight is 579 g/mol. The Kier molecular flexibility index (Phi) is 10.8. The number of piperazine rings is 1. The van der Waals surface area contributed by atoms with Crippen molar-refractivity contribution in [3.63, 3.8) is 0 Å². The summed E-state index contributed by atoms with van der Waals surface area (Å²) < 4.78 is 0. The minimum atomic E-state index is 0.113. The minimum Gasteiger partial charge on any atom is -0.352 e. The van der Waals surface area contributed by atoms with Gasteiger partial charge in [-0.25, -0.2) is 4.98 Å². The van der Waals surface area contributed by atoms with Gasteiger partial charge in [-0.3, -0.25) is 14.7 Å². The number of benzene rings is 2. The highest BCUT2D eigenvalue weighted by atomic mass is 35.5. The number of rotatable bonds is 7. The second kappa shape index (κ2) is 14.4. The SMILES string of the molecule is Cc1cc(C)cc(C(=O)N(C)CCCCN2CCN(c3nccc4cccnc34)CC2)c1.Clc1ccccc1Cl. The van der Waals surface area contributed by atoms with Gasteiger partial charge in [0.05, 0.1) is 10.0 Å². The van der Waals surface area contributed by atoms with E-state index < -0.39 is 0 Å². The zero-order chi connectivity index (χ0) is 28.5. The summed E-state index contributed by atoms with van der Waals surface area (Å²) in [5, 5.41) is 2.35. The van der Waals surface area contributed by atoms with Crippen LogP contribution in [-0.4, -0.2) is 72.0 Å². The van der Waals surface area contributed by atoms with Crippen LogP contribution in [0.25, 0.3) is 10.9 Å². The van der Waals surface area contributed by atoms with E-state index in [1.54, 1.807) is 12.1 Å². The molecule has 0 unspecified atom stereocenters. The predicted octanol–water partition coefficient (Wildman–Crippen LogP) is 6.91. The van der Waals surface area contributed by atoms with Gasteiger partial charge in [-0.15, -0.1) is 0 Å². The number of unbranched alkanes of at least 4 members (excludes halogenated alkanes) is 1. The van der Waals surface area contributed by atoms with E-state index in [2.05, 4.69) is 31.9 Å². The van der Waals surface area contributed by atoms with Gasteiger partial charge in [0.1, 0.15) is 5.52 Å². The maximum Gasteiger partial charge on any atom is 0.253 e. The summed E-state index contributed by atoms with van der Waals surface area (Å²) in [4.78, 5) is 28.6. The first-order chi connectivity index (χ1) is 19.3. The fourth-order valence-electron chi connectivity index (χ4n) is 4.95. The lowest BCUT2D eigenvalue weighted by molar-refractivity contribution is 0.0791. The summed E-state index contributed by atoms with van der Waals surface area (Å²) >= 11 is 11.2. The number of pyridine rings is 2. The number of hydrogen-bond donors (Lipinski definition) is 0. The van der Waals surface area contributed by atoms with E-state index in [0.29, 0.717) is 10.0 Å². The fourth-order valence-corrected chi connectivity index (χ4v) is 5.22. The van der Waals surface area contributed by atoms with Crippen molar-refractivity contribution >= 4 is 45.8 Å². The zero-order valence-corrected chi connectivity index (χ0v) is 25.0. The number of carbonyl (C=O) groups excluding carboxylic acids is 1. The fraction of sp³-hybridized carbons (Fsp3) is 0.344. The Labute approximate surface area is 247 Å². The highest BCUT2D eigenvalue weighted by Gasteiger charge is 2.20. The third-order valence-corrected chi connectivity index (χ3v) is 7.79. The lowest BCUT2D eigenvalue weighted by Gasteiger charge is -2.35. The van der Waals surface area contributed by atoms with Crippen molar-refractivity contribution in [2.24, 2.45) is 0 Å². The molecule has 2 aromatic carbocycles. The van der Waals surface area contributed by atoms with Gasteiger partial charge in [0, 0.05) is 63.1 Å². The maximum absolute atomic E-state index is 12.7. The van der Waals surface area contributed by atoms with E-state index in [-0.39, 0.29) is 5.91 Å². The lowest BCUT2D eigenvalue weighted by Crippen LogP contribution is -2.47. The van der Waals surface area contributed by atoms with Crippen LogP contribution in [-0.2, 0) is 0 Å². The Morgan fingerprint density at radius 1 is 0.850 bits per heavy atom. The predicted molar refractivity (Wildman–Crippen MR) is 167 cm³/mol. The number of aryl methyl sites for hydroxylation is 2. The number of hydrogen-bond acceptors (Lipinski definition) is 5. The normalized spacial score (nSPS) is 13.6. The van der Waals surface area contributed by atoms with E-state index in [0.717, 1.165) is 85.5 Å². The number of carbonyl (C=O) groups is 1. The van der Waals surface area contributed by atoms with Crippen molar-refractivity contribution < 1.29 is 4.79 Å². The maximum atomic E-state index is 12.7. The van der Waals surface area contributed by atoms with Crippen molar-refractivity contribution in [2.45, 2.75) is 26.7 Å². The Morgan fingerprint density at radius 2 is 1.52 bits per heavy atom. The molecule has 5 rings (SSSR count). The van der Waals surface area contributed by atoms with Crippen molar-refractivity contribution in [1.82, 2.24) is 19.8 Å². The van der Waals surface area contributed by atoms with Gasteiger partial charge in [-0.05, 0) is 69.6 Å². The second-order valence-corrected chi connectivity index (χ2v) is 11.1. The molecule has 0 saturated carbocycles. The first-order valence-electron chi connectivity index (χ1n) is 13.7. The molecule has 1 aliphatic rings. The molecule has 1 amide bonds. The summed E-state index contributed by atoms with van der Waals surface area (Å²) in [7, 11) is 1.91. The number of nitrogens with zero attached hydrogens (tertiary/aromatic N) is 5. The summed E-state index contributed by atoms with van der Waals surface area (Å²) in [5.74, 6) is 1.11. The molecule has 0 atom stereocenters. The standard InChI is InChI=1S/C26H33N5O.C6H4Cl2/c1-20-17-21(2)19-23(18-20)26(32)29(3)11-4-5-12-30-13-15-31(16-14-30)25-24-22(8-10-28-25)7-6-9-27-24;7-5-3-1-2-4-6(5)8/h6-10,17-19H,4-5,11-16H2,1-3H3;1-4H. The molecule has 0 bridgehead atoms. The second-order valence-electron chi connectivity index (χ2n) is 10.3. The Morgan fingerprint density at radius 3 is 2.17 bits per heavy atom. The third-order valence-electron chi connectivity index (χ3n) is 7.03. The van der Waals surface area contributed by atoms with Gasteiger partial charge in [0.15, 0.2) is 5.82 Å². The van der Waals surface area contributed by atoms with E-state index in [1.165, 1.54) is 0 Å². The van der Waals surface area contributed by atoms with E-state index in [4.69, 9.17) is 23.2 Å². The number of fused-ring (bicyclic) bond motifs is 1. The lowest BCUT2D eigenvalue weighted by atomic mass is 10.1. The Bertz CT molecular complexity index is 1380. The number of anilines is 1. The van der Waals surface area contributed by atoms with Crippen LogP contribution in [0, 0.1) is 13.8 Å². The number of aromatic nitrogens is 2. The zero-order valence-electron chi connectivity index (χ0n) is 23.5. The average Bonchev–Trinajstić information content (AvgIpc) is 2.96. The highest BCUT2D eigenvalue weighted by Crippen LogP contribution is 2.23. The van der Waals surface area contributed by atoms with Gasteiger partial charge in [-0.2, -0.15) is 0 Å². The van der Waals surface area contributed by atoms with Crippen molar-refractivity contribution in [2.75, 3.05) is 51.2 Å². The molecule has 40 heavy (non-hydrogen) atoms. The molecule has 0 aliphatic carbocycles. The molecular weight excluding hydrogens is 541 g/mol. The van der Waals surface area contributed by atoms with E-state index >= 15 is 0 Å². The highest BCUT2D eigenvalue weighted by molar-refractivity contribution is 6.41. The smallest absolute Gasteiger partial charge is 0.253 e.